The van der Waals surface area contributed by atoms with Crippen LogP contribution < -0.4 is 14.8 Å². The highest BCUT2D eigenvalue weighted by Crippen LogP contribution is 2.32. The number of methoxy groups -OCH3 is 2. The zero-order chi connectivity index (χ0) is 15.4. The molecule has 0 aliphatic carbocycles. The van der Waals surface area contributed by atoms with Gasteiger partial charge in [-0.3, -0.25) is 0 Å². The first kappa shape index (κ1) is 15.4. The Morgan fingerprint density at radius 2 is 1.86 bits per heavy atom. The van der Waals surface area contributed by atoms with E-state index in [4.69, 9.17) is 21.1 Å². The highest BCUT2D eigenvalue weighted by molar-refractivity contribution is 6.30. The molecule has 21 heavy (non-hydrogen) atoms. The van der Waals surface area contributed by atoms with E-state index in [1.807, 2.05) is 19.1 Å². The molecule has 0 aromatic heterocycles. The highest BCUT2D eigenvalue weighted by Gasteiger charge is 2.11. The fourth-order valence-electron chi connectivity index (χ4n) is 2.02. The number of nitrogens with one attached hydrogen (secondary N) is 1. The van der Waals surface area contributed by atoms with Crippen LogP contribution in [0.1, 0.15) is 18.5 Å². The molecule has 0 amide bonds. The summed E-state index contributed by atoms with van der Waals surface area (Å²) in [7, 11) is 3.19. The monoisotopic (exact) mass is 309 g/mol. The van der Waals surface area contributed by atoms with Crippen LogP contribution in [-0.4, -0.2) is 14.2 Å². The Bertz CT molecular complexity index is 634. The summed E-state index contributed by atoms with van der Waals surface area (Å²) < 4.78 is 24.0. The lowest BCUT2D eigenvalue weighted by molar-refractivity contribution is 0.395. The Morgan fingerprint density at radius 1 is 1.10 bits per heavy atom. The molecule has 112 valence electrons. The van der Waals surface area contributed by atoms with Crippen molar-refractivity contribution >= 4 is 17.3 Å². The molecule has 0 saturated heterocycles. The van der Waals surface area contributed by atoms with Crippen LogP contribution in [0.2, 0.25) is 5.02 Å². The van der Waals surface area contributed by atoms with Crippen LogP contribution in [0.4, 0.5) is 10.1 Å². The van der Waals surface area contributed by atoms with Gasteiger partial charge in [0.1, 0.15) is 17.3 Å². The number of hydrogen-bond acceptors (Lipinski definition) is 3. The van der Waals surface area contributed by atoms with Crippen molar-refractivity contribution in [1.29, 1.82) is 0 Å². The van der Waals surface area contributed by atoms with Gasteiger partial charge in [0.05, 0.1) is 24.9 Å². The Labute approximate surface area is 128 Å². The molecule has 0 saturated carbocycles. The fourth-order valence-corrected chi connectivity index (χ4v) is 2.13. The third kappa shape index (κ3) is 3.58. The molecule has 0 heterocycles. The zero-order valence-corrected chi connectivity index (χ0v) is 12.9. The summed E-state index contributed by atoms with van der Waals surface area (Å²) in [6.45, 7) is 1.94. The Kier molecular flexibility index (Phi) is 4.91. The maximum absolute atomic E-state index is 13.5. The molecule has 3 nitrogen and oxygen atoms in total. The predicted molar refractivity (Wildman–Crippen MR) is 83.0 cm³/mol. The first-order chi connectivity index (χ1) is 10.0. The van der Waals surface area contributed by atoms with Gasteiger partial charge in [0.25, 0.3) is 0 Å². The number of halogens is 2. The zero-order valence-electron chi connectivity index (χ0n) is 12.1. The van der Waals surface area contributed by atoms with E-state index in [2.05, 4.69) is 5.32 Å². The van der Waals surface area contributed by atoms with E-state index in [0.717, 1.165) is 11.3 Å². The van der Waals surface area contributed by atoms with E-state index in [9.17, 15) is 4.39 Å². The number of anilines is 1. The van der Waals surface area contributed by atoms with Crippen molar-refractivity contribution in [2.45, 2.75) is 13.0 Å². The molecule has 1 atom stereocenters. The SMILES string of the molecule is COc1ccc(NC(C)c2ccc(Cl)c(F)c2)c(OC)c1. The summed E-state index contributed by atoms with van der Waals surface area (Å²) in [4.78, 5) is 0. The lowest BCUT2D eigenvalue weighted by Crippen LogP contribution is -2.08. The minimum absolute atomic E-state index is 0.0981. The fraction of sp³-hybridized carbons (Fsp3) is 0.250. The van der Waals surface area contributed by atoms with Gasteiger partial charge < -0.3 is 14.8 Å². The average molecular weight is 310 g/mol. The quantitative estimate of drug-likeness (QED) is 0.870. The Hall–Kier alpha value is -1.94. The highest BCUT2D eigenvalue weighted by atomic mass is 35.5. The normalized spacial score (nSPS) is 11.9. The smallest absolute Gasteiger partial charge is 0.145 e. The van der Waals surface area contributed by atoms with Gasteiger partial charge in [-0.25, -0.2) is 4.39 Å². The molecule has 0 aliphatic heterocycles. The molecule has 0 spiro atoms. The molecule has 5 heteroatoms. The second kappa shape index (κ2) is 6.68. The maximum atomic E-state index is 13.5. The van der Waals surface area contributed by atoms with Gasteiger partial charge >= 0.3 is 0 Å². The molecule has 2 aromatic carbocycles. The van der Waals surface area contributed by atoms with Crippen LogP contribution >= 0.6 is 11.6 Å². The van der Waals surface area contributed by atoms with E-state index in [0.29, 0.717) is 11.5 Å². The van der Waals surface area contributed by atoms with Crippen molar-refractivity contribution in [3.05, 3.63) is 52.8 Å². The molecular formula is C16H17ClFNO2. The standard InChI is InChI=1S/C16H17ClFNO2/c1-10(11-4-6-13(17)14(18)8-11)19-15-7-5-12(20-2)9-16(15)21-3/h4-10,19H,1-3H3. The molecule has 2 rings (SSSR count). The summed E-state index contributed by atoms with van der Waals surface area (Å²) in [5, 5.41) is 3.40. The summed E-state index contributed by atoms with van der Waals surface area (Å²) in [6, 6.07) is 10.2. The number of hydrogen-bond donors (Lipinski definition) is 1. The van der Waals surface area contributed by atoms with Crippen LogP contribution in [0.5, 0.6) is 11.5 Å². The van der Waals surface area contributed by atoms with Gasteiger partial charge in [0.15, 0.2) is 0 Å². The number of rotatable bonds is 5. The van der Waals surface area contributed by atoms with Gasteiger partial charge in [-0.1, -0.05) is 17.7 Å². The van der Waals surface area contributed by atoms with E-state index in [1.165, 1.54) is 6.07 Å². The topological polar surface area (TPSA) is 30.5 Å². The summed E-state index contributed by atoms with van der Waals surface area (Å²) in [6.07, 6.45) is 0. The molecule has 1 unspecified atom stereocenters. The minimum Gasteiger partial charge on any atom is -0.497 e. The summed E-state index contributed by atoms with van der Waals surface area (Å²) in [5.41, 5.74) is 1.61. The Morgan fingerprint density at radius 3 is 2.48 bits per heavy atom. The molecule has 0 aliphatic rings. The number of ether oxygens (including phenoxy) is 2. The summed E-state index contributed by atoms with van der Waals surface area (Å²) >= 11 is 5.70. The van der Waals surface area contributed by atoms with Crippen molar-refractivity contribution < 1.29 is 13.9 Å². The first-order valence-corrected chi connectivity index (χ1v) is 6.86. The maximum Gasteiger partial charge on any atom is 0.145 e. The average Bonchev–Trinajstić information content (AvgIpc) is 2.50. The van der Waals surface area contributed by atoms with Crippen molar-refractivity contribution in [2.75, 3.05) is 19.5 Å². The molecule has 2 aromatic rings. The van der Waals surface area contributed by atoms with E-state index >= 15 is 0 Å². The van der Waals surface area contributed by atoms with Crippen molar-refractivity contribution in [3.8, 4) is 11.5 Å². The van der Waals surface area contributed by atoms with Crippen molar-refractivity contribution in [3.63, 3.8) is 0 Å². The second-order valence-corrected chi connectivity index (χ2v) is 5.01. The summed E-state index contributed by atoms with van der Waals surface area (Å²) in [5.74, 6) is 0.947. The molecule has 0 radical (unpaired) electrons. The minimum atomic E-state index is -0.426. The Balaban J connectivity index is 2.22. The van der Waals surface area contributed by atoms with Gasteiger partial charge in [-0.15, -0.1) is 0 Å². The van der Waals surface area contributed by atoms with Crippen LogP contribution in [0.15, 0.2) is 36.4 Å². The van der Waals surface area contributed by atoms with Crippen molar-refractivity contribution in [2.24, 2.45) is 0 Å². The lowest BCUT2D eigenvalue weighted by atomic mass is 10.1. The predicted octanol–water partition coefficient (Wildman–Crippen LogP) is 4.67. The first-order valence-electron chi connectivity index (χ1n) is 6.48. The third-order valence-corrected chi connectivity index (χ3v) is 3.53. The van der Waals surface area contributed by atoms with Gasteiger partial charge in [0.2, 0.25) is 0 Å². The lowest BCUT2D eigenvalue weighted by Gasteiger charge is -2.18. The van der Waals surface area contributed by atoms with Crippen LogP contribution in [0.25, 0.3) is 0 Å². The van der Waals surface area contributed by atoms with E-state index in [-0.39, 0.29) is 11.1 Å². The largest absolute Gasteiger partial charge is 0.497 e. The van der Waals surface area contributed by atoms with Crippen LogP contribution in [-0.2, 0) is 0 Å². The molecule has 1 N–H and O–H groups in total. The van der Waals surface area contributed by atoms with E-state index < -0.39 is 5.82 Å². The molecular weight excluding hydrogens is 293 g/mol. The van der Waals surface area contributed by atoms with Crippen molar-refractivity contribution in [1.82, 2.24) is 0 Å². The molecule has 0 bridgehead atoms. The van der Waals surface area contributed by atoms with Crippen LogP contribution in [0.3, 0.4) is 0 Å². The van der Waals surface area contributed by atoms with E-state index in [1.54, 1.807) is 32.4 Å². The van der Waals surface area contributed by atoms with Gasteiger partial charge in [-0.05, 0) is 36.8 Å². The van der Waals surface area contributed by atoms with Gasteiger partial charge in [-0.2, -0.15) is 0 Å². The second-order valence-electron chi connectivity index (χ2n) is 4.61. The number of benzene rings is 2. The molecule has 0 fully saturated rings. The third-order valence-electron chi connectivity index (χ3n) is 3.22. The van der Waals surface area contributed by atoms with Gasteiger partial charge in [0, 0.05) is 12.1 Å². The van der Waals surface area contributed by atoms with Crippen LogP contribution in [0, 0.1) is 5.82 Å².